The van der Waals surface area contributed by atoms with E-state index in [9.17, 15) is 9.59 Å². The van der Waals surface area contributed by atoms with Crippen LogP contribution in [0.5, 0.6) is 5.75 Å². The van der Waals surface area contributed by atoms with Gasteiger partial charge in [-0.05, 0) is 23.8 Å². The maximum atomic E-state index is 13.0. The number of nitrogens with one attached hydrogen (secondary N) is 1. The number of aromatic amines is 1. The number of benzene rings is 2. The molecule has 120 valence electrons. The van der Waals surface area contributed by atoms with Crippen LogP contribution in [0.25, 0.3) is 10.9 Å². The first-order valence-corrected chi connectivity index (χ1v) is 7.76. The fraction of sp³-hybridized carbons (Fsp3) is 0.158. The summed E-state index contributed by atoms with van der Waals surface area (Å²) in [4.78, 5) is 29.9. The average molecular weight is 320 g/mol. The van der Waals surface area contributed by atoms with E-state index in [4.69, 9.17) is 4.74 Å². The normalized spacial score (nSPS) is 17.7. The van der Waals surface area contributed by atoms with Gasteiger partial charge in [-0.25, -0.2) is 4.90 Å². The quantitative estimate of drug-likeness (QED) is 0.754. The zero-order valence-corrected chi connectivity index (χ0v) is 13.2. The summed E-state index contributed by atoms with van der Waals surface area (Å²) in [5, 5.41) is 0.977. The first-order chi connectivity index (χ1) is 11.7. The minimum absolute atomic E-state index is 0.165. The van der Waals surface area contributed by atoms with Gasteiger partial charge >= 0.3 is 0 Å². The number of nitrogens with zero attached hydrogens (tertiary/aromatic N) is 1. The Labute approximate surface area is 138 Å². The number of H-pyrrole nitrogens is 1. The molecule has 24 heavy (non-hydrogen) atoms. The molecule has 1 aliphatic rings. The highest BCUT2D eigenvalue weighted by molar-refractivity contribution is 6.24. The van der Waals surface area contributed by atoms with Gasteiger partial charge in [0.2, 0.25) is 11.8 Å². The lowest BCUT2D eigenvalue weighted by atomic mass is 9.97. The number of ether oxygens (including phenoxy) is 1. The van der Waals surface area contributed by atoms with Crippen molar-refractivity contribution >= 4 is 28.4 Å². The Balaban J connectivity index is 1.77. The van der Waals surface area contributed by atoms with Crippen molar-refractivity contribution in [2.45, 2.75) is 12.3 Å². The molecule has 2 aromatic carbocycles. The third-order valence-corrected chi connectivity index (χ3v) is 4.47. The number of anilines is 1. The van der Waals surface area contributed by atoms with E-state index < -0.39 is 5.92 Å². The van der Waals surface area contributed by atoms with Crippen LogP contribution in [0.15, 0.2) is 54.7 Å². The molecule has 5 heteroatoms. The van der Waals surface area contributed by atoms with Gasteiger partial charge in [-0.3, -0.25) is 9.59 Å². The van der Waals surface area contributed by atoms with Crippen molar-refractivity contribution in [2.24, 2.45) is 0 Å². The molecule has 1 unspecified atom stereocenters. The van der Waals surface area contributed by atoms with E-state index in [0.29, 0.717) is 11.4 Å². The Morgan fingerprint density at radius 3 is 2.67 bits per heavy atom. The number of hydrogen-bond acceptors (Lipinski definition) is 3. The Kier molecular flexibility index (Phi) is 3.34. The molecular formula is C19H16N2O3. The van der Waals surface area contributed by atoms with Gasteiger partial charge in [0.15, 0.2) is 0 Å². The molecule has 1 atom stereocenters. The molecule has 2 amide bonds. The monoisotopic (exact) mass is 320 g/mol. The van der Waals surface area contributed by atoms with E-state index in [1.165, 1.54) is 12.0 Å². The number of amides is 2. The van der Waals surface area contributed by atoms with E-state index in [0.717, 1.165) is 16.5 Å². The van der Waals surface area contributed by atoms with Gasteiger partial charge < -0.3 is 9.72 Å². The van der Waals surface area contributed by atoms with Gasteiger partial charge in [0, 0.05) is 23.5 Å². The molecule has 1 aliphatic heterocycles. The molecule has 1 saturated heterocycles. The van der Waals surface area contributed by atoms with Crippen LogP contribution in [0, 0.1) is 0 Å². The molecule has 4 rings (SSSR count). The second-order valence-corrected chi connectivity index (χ2v) is 5.79. The maximum Gasteiger partial charge on any atom is 0.242 e. The molecule has 3 aromatic rings. The topological polar surface area (TPSA) is 62.4 Å². The number of hydrogen-bond donors (Lipinski definition) is 1. The van der Waals surface area contributed by atoms with Crippen molar-refractivity contribution in [1.29, 1.82) is 0 Å². The second kappa shape index (κ2) is 5.53. The molecular weight excluding hydrogens is 304 g/mol. The summed E-state index contributed by atoms with van der Waals surface area (Å²) in [5.41, 5.74) is 2.32. The van der Waals surface area contributed by atoms with Crippen molar-refractivity contribution in [3.05, 3.63) is 60.3 Å². The minimum Gasteiger partial charge on any atom is -0.495 e. The van der Waals surface area contributed by atoms with Gasteiger partial charge in [-0.2, -0.15) is 0 Å². The summed E-state index contributed by atoms with van der Waals surface area (Å²) >= 11 is 0. The van der Waals surface area contributed by atoms with Crippen LogP contribution < -0.4 is 9.64 Å². The number of para-hydroxylation sites is 3. The average Bonchev–Trinajstić information content (AvgIpc) is 3.15. The lowest BCUT2D eigenvalue weighted by molar-refractivity contribution is -0.121. The molecule has 1 fully saturated rings. The molecule has 1 aromatic heterocycles. The lowest BCUT2D eigenvalue weighted by Crippen LogP contribution is -2.30. The molecule has 5 nitrogen and oxygen atoms in total. The highest BCUT2D eigenvalue weighted by Crippen LogP contribution is 2.39. The highest BCUT2D eigenvalue weighted by Gasteiger charge is 2.42. The SMILES string of the molecule is COc1ccccc1N1C(=O)CC(c2c[nH]c3ccccc23)C1=O. The van der Waals surface area contributed by atoms with Gasteiger partial charge in [0.1, 0.15) is 5.75 Å². The van der Waals surface area contributed by atoms with Crippen LogP contribution in [0.2, 0.25) is 0 Å². The van der Waals surface area contributed by atoms with Crippen LogP contribution in [-0.4, -0.2) is 23.9 Å². The molecule has 0 spiro atoms. The second-order valence-electron chi connectivity index (χ2n) is 5.79. The van der Waals surface area contributed by atoms with Crippen LogP contribution in [0.4, 0.5) is 5.69 Å². The van der Waals surface area contributed by atoms with Crippen LogP contribution in [0.3, 0.4) is 0 Å². The number of aromatic nitrogens is 1. The number of rotatable bonds is 3. The predicted molar refractivity (Wildman–Crippen MR) is 91.1 cm³/mol. The molecule has 0 bridgehead atoms. The fourth-order valence-corrected chi connectivity index (χ4v) is 3.32. The van der Waals surface area contributed by atoms with Crippen molar-refractivity contribution in [1.82, 2.24) is 4.98 Å². The largest absolute Gasteiger partial charge is 0.495 e. The Bertz CT molecular complexity index is 944. The van der Waals surface area contributed by atoms with Crippen LogP contribution >= 0.6 is 0 Å². The Morgan fingerprint density at radius 2 is 1.83 bits per heavy atom. The van der Waals surface area contributed by atoms with Crippen molar-refractivity contribution in [3.8, 4) is 5.75 Å². The highest BCUT2D eigenvalue weighted by atomic mass is 16.5. The summed E-state index contributed by atoms with van der Waals surface area (Å²) in [6.45, 7) is 0. The smallest absolute Gasteiger partial charge is 0.242 e. The van der Waals surface area contributed by atoms with Crippen molar-refractivity contribution in [2.75, 3.05) is 12.0 Å². The summed E-state index contributed by atoms with van der Waals surface area (Å²) in [7, 11) is 1.53. The first-order valence-electron chi connectivity index (χ1n) is 7.76. The minimum atomic E-state index is -0.474. The third-order valence-electron chi connectivity index (χ3n) is 4.47. The van der Waals surface area contributed by atoms with Gasteiger partial charge in [0.25, 0.3) is 0 Å². The van der Waals surface area contributed by atoms with Crippen molar-refractivity contribution in [3.63, 3.8) is 0 Å². The van der Waals surface area contributed by atoms with Gasteiger partial charge in [0.05, 0.1) is 18.7 Å². The van der Waals surface area contributed by atoms with E-state index in [-0.39, 0.29) is 18.2 Å². The molecule has 1 N–H and O–H groups in total. The zero-order valence-electron chi connectivity index (χ0n) is 13.2. The lowest BCUT2D eigenvalue weighted by Gasteiger charge is -2.17. The molecule has 0 radical (unpaired) electrons. The number of imide groups is 1. The standard InChI is InChI=1S/C19H16N2O3/c1-24-17-9-5-4-8-16(17)21-18(22)10-13(19(21)23)14-11-20-15-7-3-2-6-12(14)15/h2-9,11,13,20H,10H2,1H3. The first kappa shape index (κ1) is 14.5. The predicted octanol–water partition coefficient (Wildman–Crippen LogP) is 3.22. The maximum absolute atomic E-state index is 13.0. The summed E-state index contributed by atoms with van der Waals surface area (Å²) in [6.07, 6.45) is 1.99. The molecule has 2 heterocycles. The fourth-order valence-electron chi connectivity index (χ4n) is 3.32. The zero-order chi connectivity index (χ0) is 16.7. The van der Waals surface area contributed by atoms with Crippen molar-refractivity contribution < 1.29 is 14.3 Å². The van der Waals surface area contributed by atoms with Crippen LogP contribution in [-0.2, 0) is 9.59 Å². The number of fused-ring (bicyclic) bond motifs is 1. The van der Waals surface area contributed by atoms with E-state index >= 15 is 0 Å². The van der Waals surface area contributed by atoms with Crippen LogP contribution in [0.1, 0.15) is 17.9 Å². The molecule has 0 saturated carbocycles. The van der Waals surface area contributed by atoms with E-state index in [2.05, 4.69) is 4.98 Å². The Hall–Kier alpha value is -3.08. The van der Waals surface area contributed by atoms with E-state index in [1.54, 1.807) is 18.2 Å². The summed E-state index contributed by atoms with van der Waals surface area (Å²) in [6, 6.07) is 14.9. The summed E-state index contributed by atoms with van der Waals surface area (Å²) < 4.78 is 5.30. The van der Waals surface area contributed by atoms with E-state index in [1.807, 2.05) is 36.5 Å². The number of methoxy groups -OCH3 is 1. The summed E-state index contributed by atoms with van der Waals surface area (Å²) in [5.74, 6) is -0.383. The molecule has 0 aliphatic carbocycles. The number of carbonyl (C=O) groups is 2. The number of carbonyl (C=O) groups excluding carboxylic acids is 2. The Morgan fingerprint density at radius 1 is 1.08 bits per heavy atom. The van der Waals surface area contributed by atoms with Gasteiger partial charge in [-0.1, -0.05) is 30.3 Å². The van der Waals surface area contributed by atoms with Gasteiger partial charge in [-0.15, -0.1) is 0 Å². The third kappa shape index (κ3) is 2.09.